The van der Waals surface area contributed by atoms with Crippen molar-refractivity contribution in [3.8, 4) is 0 Å². The number of aldehydes is 1. The summed E-state index contributed by atoms with van der Waals surface area (Å²) in [5.41, 5.74) is 2.75. The highest BCUT2D eigenvalue weighted by Crippen LogP contribution is 2.15. The molecule has 19 heavy (non-hydrogen) atoms. The Bertz CT molecular complexity index is 591. The Morgan fingerprint density at radius 3 is 2.84 bits per heavy atom. The Morgan fingerprint density at radius 1 is 1.21 bits per heavy atom. The van der Waals surface area contributed by atoms with Gasteiger partial charge in [0.15, 0.2) is 0 Å². The minimum atomic E-state index is 0.698. The van der Waals surface area contributed by atoms with Crippen LogP contribution in [-0.2, 0) is 6.54 Å². The molecule has 0 unspecified atom stereocenters. The number of carbonyl (C=O) groups excluding carboxylic acids is 1. The number of hydrogen-bond donors (Lipinski definition) is 1. The monoisotopic (exact) mass is 255 g/mol. The number of carbonyl (C=O) groups is 1. The lowest BCUT2D eigenvalue weighted by Crippen LogP contribution is -2.43. The first-order valence-corrected chi connectivity index (χ1v) is 6.63. The topological polar surface area (TPSA) is 45.2 Å². The average Bonchev–Trinajstić information content (AvgIpc) is 2.48. The summed E-state index contributed by atoms with van der Waals surface area (Å²) in [6.45, 7) is 5.15. The van der Waals surface area contributed by atoms with Crippen LogP contribution in [0.2, 0.25) is 0 Å². The van der Waals surface area contributed by atoms with Crippen LogP contribution in [0.15, 0.2) is 30.3 Å². The zero-order valence-electron chi connectivity index (χ0n) is 10.8. The molecule has 0 atom stereocenters. The van der Waals surface area contributed by atoms with E-state index in [9.17, 15) is 4.79 Å². The average molecular weight is 255 g/mol. The summed E-state index contributed by atoms with van der Waals surface area (Å²) >= 11 is 0. The molecule has 0 spiro atoms. The third kappa shape index (κ3) is 2.80. The number of rotatable bonds is 3. The van der Waals surface area contributed by atoms with E-state index in [2.05, 4.69) is 21.3 Å². The molecule has 2 aromatic rings. The SMILES string of the molecule is O=Cc1ccc2nc(CN3CCNCC3)ccc2c1. The van der Waals surface area contributed by atoms with Gasteiger partial charge in [-0.2, -0.15) is 0 Å². The van der Waals surface area contributed by atoms with E-state index >= 15 is 0 Å². The Hall–Kier alpha value is -1.78. The van der Waals surface area contributed by atoms with Crippen molar-refractivity contribution in [2.75, 3.05) is 26.2 Å². The number of benzene rings is 1. The first-order chi connectivity index (χ1) is 9.35. The molecule has 1 aromatic heterocycles. The molecule has 1 N–H and O–H groups in total. The minimum Gasteiger partial charge on any atom is -0.314 e. The lowest BCUT2D eigenvalue weighted by molar-refractivity contribution is 0.112. The molecule has 4 heteroatoms. The van der Waals surface area contributed by atoms with Crippen molar-refractivity contribution in [3.63, 3.8) is 0 Å². The number of fused-ring (bicyclic) bond motifs is 1. The summed E-state index contributed by atoms with van der Waals surface area (Å²) in [4.78, 5) is 17.8. The molecule has 0 aliphatic carbocycles. The van der Waals surface area contributed by atoms with Crippen LogP contribution >= 0.6 is 0 Å². The second-order valence-electron chi connectivity index (χ2n) is 4.90. The number of pyridine rings is 1. The fourth-order valence-electron chi connectivity index (χ4n) is 2.45. The van der Waals surface area contributed by atoms with Crippen LogP contribution in [0.1, 0.15) is 16.1 Å². The molecule has 4 nitrogen and oxygen atoms in total. The van der Waals surface area contributed by atoms with E-state index in [0.29, 0.717) is 5.56 Å². The van der Waals surface area contributed by atoms with Gasteiger partial charge in [0.2, 0.25) is 0 Å². The van der Waals surface area contributed by atoms with Crippen molar-refractivity contribution in [2.45, 2.75) is 6.54 Å². The molecule has 1 saturated heterocycles. The van der Waals surface area contributed by atoms with Crippen LogP contribution in [0.3, 0.4) is 0 Å². The van der Waals surface area contributed by atoms with Crippen molar-refractivity contribution in [1.82, 2.24) is 15.2 Å². The Morgan fingerprint density at radius 2 is 2.05 bits per heavy atom. The molecule has 1 aromatic carbocycles. The first-order valence-electron chi connectivity index (χ1n) is 6.63. The summed E-state index contributed by atoms with van der Waals surface area (Å²) in [7, 11) is 0. The third-order valence-electron chi connectivity index (χ3n) is 3.50. The largest absolute Gasteiger partial charge is 0.314 e. The van der Waals surface area contributed by atoms with Gasteiger partial charge in [-0.3, -0.25) is 14.7 Å². The van der Waals surface area contributed by atoms with Gasteiger partial charge in [-0.25, -0.2) is 0 Å². The minimum absolute atomic E-state index is 0.698. The standard InChI is InChI=1S/C15H17N3O/c19-11-12-1-4-15-13(9-12)2-3-14(17-15)10-18-7-5-16-6-8-18/h1-4,9,11,16H,5-8,10H2. The van der Waals surface area contributed by atoms with Gasteiger partial charge in [-0.15, -0.1) is 0 Å². The summed E-state index contributed by atoms with van der Waals surface area (Å²) in [5, 5.41) is 4.37. The predicted octanol–water partition coefficient (Wildman–Crippen LogP) is 1.45. The van der Waals surface area contributed by atoms with Crippen LogP contribution in [0, 0.1) is 0 Å². The van der Waals surface area contributed by atoms with Gasteiger partial charge in [0.25, 0.3) is 0 Å². The number of nitrogens with zero attached hydrogens (tertiary/aromatic N) is 2. The molecular formula is C15H17N3O. The van der Waals surface area contributed by atoms with Crippen molar-refractivity contribution in [2.24, 2.45) is 0 Å². The number of aromatic nitrogens is 1. The van der Waals surface area contributed by atoms with E-state index < -0.39 is 0 Å². The third-order valence-corrected chi connectivity index (χ3v) is 3.50. The number of nitrogens with one attached hydrogen (secondary N) is 1. The summed E-state index contributed by atoms with van der Waals surface area (Å²) in [5.74, 6) is 0. The second-order valence-corrected chi connectivity index (χ2v) is 4.90. The van der Waals surface area contributed by atoms with Crippen molar-refractivity contribution in [1.29, 1.82) is 0 Å². The van der Waals surface area contributed by atoms with Crippen LogP contribution in [0.4, 0.5) is 0 Å². The van der Waals surface area contributed by atoms with E-state index in [4.69, 9.17) is 0 Å². The highest BCUT2D eigenvalue weighted by molar-refractivity contribution is 5.86. The van der Waals surface area contributed by atoms with Gasteiger partial charge >= 0.3 is 0 Å². The highest BCUT2D eigenvalue weighted by Gasteiger charge is 2.10. The van der Waals surface area contributed by atoms with Gasteiger partial charge in [-0.05, 0) is 24.3 Å². The van der Waals surface area contributed by atoms with Crippen LogP contribution in [0.5, 0.6) is 0 Å². The summed E-state index contributed by atoms with van der Waals surface area (Å²) < 4.78 is 0. The fourth-order valence-corrected chi connectivity index (χ4v) is 2.45. The van der Waals surface area contributed by atoms with E-state index in [0.717, 1.165) is 55.6 Å². The van der Waals surface area contributed by atoms with E-state index in [1.165, 1.54) is 0 Å². The lowest BCUT2D eigenvalue weighted by atomic mass is 10.1. The maximum Gasteiger partial charge on any atom is 0.150 e. The zero-order valence-corrected chi connectivity index (χ0v) is 10.8. The molecule has 1 fully saturated rings. The highest BCUT2D eigenvalue weighted by atomic mass is 16.1. The first kappa shape index (κ1) is 12.3. The van der Waals surface area contributed by atoms with Gasteiger partial charge in [0.05, 0.1) is 11.2 Å². The van der Waals surface area contributed by atoms with E-state index in [-0.39, 0.29) is 0 Å². The second kappa shape index (κ2) is 5.47. The molecule has 2 heterocycles. The summed E-state index contributed by atoms with van der Waals surface area (Å²) in [6, 6.07) is 9.72. The van der Waals surface area contributed by atoms with Crippen LogP contribution in [-0.4, -0.2) is 42.3 Å². The Kier molecular flexibility index (Phi) is 3.53. The van der Waals surface area contributed by atoms with Gasteiger partial charge < -0.3 is 5.32 Å². The maximum absolute atomic E-state index is 10.7. The molecule has 1 aliphatic rings. The van der Waals surface area contributed by atoms with Crippen LogP contribution < -0.4 is 5.32 Å². The molecule has 0 amide bonds. The van der Waals surface area contributed by atoms with Gasteiger partial charge in [0, 0.05) is 43.7 Å². The molecule has 3 rings (SSSR count). The molecule has 0 radical (unpaired) electrons. The zero-order chi connectivity index (χ0) is 13.1. The summed E-state index contributed by atoms with van der Waals surface area (Å²) in [6.07, 6.45) is 0.869. The fraction of sp³-hybridized carbons (Fsp3) is 0.333. The van der Waals surface area contributed by atoms with Gasteiger partial charge in [0.1, 0.15) is 6.29 Å². The van der Waals surface area contributed by atoms with Crippen molar-refractivity contribution in [3.05, 3.63) is 41.6 Å². The number of piperazine rings is 1. The Labute approximate surface area is 112 Å². The number of hydrogen-bond acceptors (Lipinski definition) is 4. The predicted molar refractivity (Wildman–Crippen MR) is 75.3 cm³/mol. The normalized spacial score (nSPS) is 16.6. The molecule has 98 valence electrons. The van der Waals surface area contributed by atoms with E-state index in [1.54, 1.807) is 0 Å². The van der Waals surface area contributed by atoms with Gasteiger partial charge in [-0.1, -0.05) is 6.07 Å². The molecule has 1 aliphatic heterocycles. The molecule has 0 saturated carbocycles. The smallest absolute Gasteiger partial charge is 0.150 e. The maximum atomic E-state index is 10.7. The van der Waals surface area contributed by atoms with Crippen LogP contribution in [0.25, 0.3) is 10.9 Å². The molecule has 0 bridgehead atoms. The quantitative estimate of drug-likeness (QED) is 0.843. The van der Waals surface area contributed by atoms with Crippen molar-refractivity contribution >= 4 is 17.2 Å². The van der Waals surface area contributed by atoms with Crippen molar-refractivity contribution < 1.29 is 4.79 Å². The lowest BCUT2D eigenvalue weighted by Gasteiger charge is -2.26. The van der Waals surface area contributed by atoms with E-state index in [1.807, 2.05) is 24.3 Å². The Balaban J connectivity index is 1.82. The molecular weight excluding hydrogens is 238 g/mol.